The van der Waals surface area contributed by atoms with E-state index in [1.807, 2.05) is 0 Å². The van der Waals surface area contributed by atoms with Gasteiger partial charge in [-0.05, 0) is 24.1 Å². The van der Waals surface area contributed by atoms with Crippen LogP contribution in [0.2, 0.25) is 0 Å². The molecule has 0 fully saturated rings. The summed E-state index contributed by atoms with van der Waals surface area (Å²) in [6.45, 7) is 0. The Balaban J connectivity index is 2.64. The molecule has 0 aromatic heterocycles. The lowest BCUT2D eigenvalue weighted by Gasteiger charge is -2.10. The number of benzene rings is 1. The summed E-state index contributed by atoms with van der Waals surface area (Å²) in [5.74, 6) is 0.280. The first-order chi connectivity index (χ1) is 7.13. The monoisotopic (exact) mass is 209 g/mol. The minimum absolute atomic E-state index is 0.179. The fraction of sp³-hybridized carbons (Fsp3) is 0.364. The number of amides is 1. The maximum absolute atomic E-state index is 10.5. The lowest BCUT2D eigenvalue weighted by atomic mass is 10.0. The van der Waals surface area contributed by atoms with Crippen molar-refractivity contribution in [3.63, 3.8) is 0 Å². The minimum atomic E-state index is -0.674. The standard InChI is InChI=1S/C11H15NO3/c1-15-9-4-2-3-8(7-9)10(13)5-6-11(12)14/h2-4,7,10,13H,5-6H2,1H3,(H2,12,14). The second-order valence-electron chi connectivity index (χ2n) is 3.30. The van der Waals surface area contributed by atoms with Crippen molar-refractivity contribution in [3.8, 4) is 5.75 Å². The summed E-state index contributed by atoms with van der Waals surface area (Å²) < 4.78 is 5.03. The molecule has 1 aromatic carbocycles. The topological polar surface area (TPSA) is 72.6 Å². The Morgan fingerprint density at radius 3 is 2.93 bits per heavy atom. The van der Waals surface area contributed by atoms with Crippen molar-refractivity contribution in [1.29, 1.82) is 0 Å². The zero-order valence-electron chi connectivity index (χ0n) is 8.64. The molecule has 15 heavy (non-hydrogen) atoms. The van der Waals surface area contributed by atoms with Crippen LogP contribution < -0.4 is 10.5 Å². The maximum Gasteiger partial charge on any atom is 0.217 e. The van der Waals surface area contributed by atoms with Gasteiger partial charge in [0, 0.05) is 6.42 Å². The number of aliphatic hydroxyl groups is 1. The van der Waals surface area contributed by atoms with Gasteiger partial charge in [0.1, 0.15) is 5.75 Å². The van der Waals surface area contributed by atoms with Gasteiger partial charge in [-0.2, -0.15) is 0 Å². The molecule has 0 aliphatic rings. The molecule has 1 amide bonds. The second-order valence-corrected chi connectivity index (χ2v) is 3.30. The predicted octanol–water partition coefficient (Wildman–Crippen LogP) is 0.994. The first-order valence-corrected chi connectivity index (χ1v) is 4.74. The molecule has 0 spiro atoms. The van der Waals surface area contributed by atoms with Gasteiger partial charge in [-0.1, -0.05) is 12.1 Å². The first-order valence-electron chi connectivity index (χ1n) is 4.74. The summed E-state index contributed by atoms with van der Waals surface area (Å²) in [6, 6.07) is 7.12. The fourth-order valence-corrected chi connectivity index (χ4v) is 1.29. The number of carbonyl (C=O) groups excluding carboxylic acids is 1. The van der Waals surface area contributed by atoms with Crippen LogP contribution in [0.4, 0.5) is 0 Å². The normalized spacial score (nSPS) is 12.1. The molecular formula is C11H15NO3. The van der Waals surface area contributed by atoms with Crippen molar-refractivity contribution in [2.75, 3.05) is 7.11 Å². The number of nitrogens with two attached hydrogens (primary N) is 1. The van der Waals surface area contributed by atoms with Gasteiger partial charge >= 0.3 is 0 Å². The number of carbonyl (C=O) groups is 1. The van der Waals surface area contributed by atoms with Crippen molar-refractivity contribution in [2.24, 2.45) is 5.73 Å². The number of ether oxygens (including phenoxy) is 1. The lowest BCUT2D eigenvalue weighted by molar-refractivity contribution is -0.118. The Labute approximate surface area is 88.7 Å². The molecule has 4 nitrogen and oxygen atoms in total. The van der Waals surface area contributed by atoms with Crippen molar-refractivity contribution in [2.45, 2.75) is 18.9 Å². The van der Waals surface area contributed by atoms with Gasteiger partial charge in [0.2, 0.25) is 5.91 Å². The number of primary amides is 1. The zero-order chi connectivity index (χ0) is 11.3. The van der Waals surface area contributed by atoms with E-state index < -0.39 is 12.0 Å². The van der Waals surface area contributed by atoms with Crippen LogP contribution in [0.3, 0.4) is 0 Å². The molecule has 0 saturated carbocycles. The molecule has 1 rings (SSSR count). The summed E-state index contributed by atoms with van der Waals surface area (Å²) in [5, 5.41) is 9.73. The van der Waals surface area contributed by atoms with Gasteiger partial charge in [-0.15, -0.1) is 0 Å². The van der Waals surface area contributed by atoms with E-state index in [1.165, 1.54) is 0 Å². The molecule has 1 atom stereocenters. The smallest absolute Gasteiger partial charge is 0.217 e. The van der Waals surface area contributed by atoms with E-state index in [4.69, 9.17) is 10.5 Å². The van der Waals surface area contributed by atoms with E-state index in [1.54, 1.807) is 31.4 Å². The summed E-state index contributed by atoms with van der Waals surface area (Å²) in [6.07, 6.45) is -0.159. The Kier molecular flexibility index (Phi) is 4.12. The van der Waals surface area contributed by atoms with Crippen molar-refractivity contribution >= 4 is 5.91 Å². The number of aliphatic hydroxyl groups excluding tert-OH is 1. The third-order valence-corrected chi connectivity index (χ3v) is 2.14. The van der Waals surface area contributed by atoms with Crippen LogP contribution in [0.1, 0.15) is 24.5 Å². The summed E-state index contributed by atoms with van der Waals surface area (Å²) in [7, 11) is 1.56. The van der Waals surface area contributed by atoms with Gasteiger partial charge in [-0.25, -0.2) is 0 Å². The molecule has 4 heteroatoms. The quantitative estimate of drug-likeness (QED) is 0.759. The van der Waals surface area contributed by atoms with E-state index in [0.29, 0.717) is 12.2 Å². The van der Waals surface area contributed by atoms with Crippen LogP contribution >= 0.6 is 0 Å². The summed E-state index contributed by atoms with van der Waals surface area (Å²) in [4.78, 5) is 10.5. The first kappa shape index (κ1) is 11.5. The fourth-order valence-electron chi connectivity index (χ4n) is 1.29. The van der Waals surface area contributed by atoms with E-state index in [2.05, 4.69) is 0 Å². The highest BCUT2D eigenvalue weighted by atomic mass is 16.5. The number of rotatable bonds is 5. The molecule has 0 heterocycles. The number of hydrogen-bond donors (Lipinski definition) is 2. The van der Waals surface area contributed by atoms with E-state index in [0.717, 1.165) is 5.56 Å². The summed E-state index contributed by atoms with van der Waals surface area (Å²) >= 11 is 0. The van der Waals surface area contributed by atoms with Crippen molar-refractivity contribution in [1.82, 2.24) is 0 Å². The predicted molar refractivity (Wildman–Crippen MR) is 56.4 cm³/mol. The molecule has 0 bridgehead atoms. The van der Waals surface area contributed by atoms with Gasteiger partial charge < -0.3 is 15.6 Å². The average Bonchev–Trinajstić information content (AvgIpc) is 2.26. The number of methoxy groups -OCH3 is 1. The van der Waals surface area contributed by atoms with E-state index in [9.17, 15) is 9.90 Å². The minimum Gasteiger partial charge on any atom is -0.497 e. The lowest BCUT2D eigenvalue weighted by Crippen LogP contribution is -2.12. The van der Waals surface area contributed by atoms with Crippen LogP contribution in [-0.4, -0.2) is 18.1 Å². The highest BCUT2D eigenvalue weighted by Crippen LogP contribution is 2.22. The van der Waals surface area contributed by atoms with E-state index in [-0.39, 0.29) is 6.42 Å². The molecule has 0 radical (unpaired) electrons. The largest absolute Gasteiger partial charge is 0.497 e. The molecule has 0 aliphatic carbocycles. The molecule has 0 saturated heterocycles. The zero-order valence-corrected chi connectivity index (χ0v) is 8.64. The third kappa shape index (κ3) is 3.59. The highest BCUT2D eigenvalue weighted by molar-refractivity contribution is 5.73. The van der Waals surface area contributed by atoms with Crippen LogP contribution in [-0.2, 0) is 4.79 Å². The third-order valence-electron chi connectivity index (χ3n) is 2.14. The molecule has 1 aromatic rings. The van der Waals surface area contributed by atoms with Crippen LogP contribution in [0.15, 0.2) is 24.3 Å². The van der Waals surface area contributed by atoms with Gasteiger partial charge in [0.05, 0.1) is 13.2 Å². The Morgan fingerprint density at radius 1 is 1.60 bits per heavy atom. The molecular weight excluding hydrogens is 194 g/mol. The van der Waals surface area contributed by atoms with Gasteiger partial charge in [-0.3, -0.25) is 4.79 Å². The van der Waals surface area contributed by atoms with E-state index >= 15 is 0 Å². The van der Waals surface area contributed by atoms with Crippen molar-refractivity contribution < 1.29 is 14.6 Å². The molecule has 1 unspecified atom stereocenters. The Morgan fingerprint density at radius 2 is 2.33 bits per heavy atom. The summed E-state index contributed by atoms with van der Waals surface area (Å²) in [5.41, 5.74) is 5.73. The molecule has 3 N–H and O–H groups in total. The maximum atomic E-state index is 10.5. The second kappa shape index (κ2) is 5.36. The Hall–Kier alpha value is -1.55. The Bertz CT molecular complexity index is 338. The average molecular weight is 209 g/mol. The van der Waals surface area contributed by atoms with Crippen molar-refractivity contribution in [3.05, 3.63) is 29.8 Å². The van der Waals surface area contributed by atoms with Crippen LogP contribution in [0, 0.1) is 0 Å². The SMILES string of the molecule is COc1cccc(C(O)CCC(N)=O)c1. The van der Waals surface area contributed by atoms with Crippen LogP contribution in [0.25, 0.3) is 0 Å². The molecule has 0 aliphatic heterocycles. The number of hydrogen-bond acceptors (Lipinski definition) is 3. The van der Waals surface area contributed by atoms with Gasteiger partial charge in [0.25, 0.3) is 0 Å². The van der Waals surface area contributed by atoms with Gasteiger partial charge in [0.15, 0.2) is 0 Å². The van der Waals surface area contributed by atoms with Crippen LogP contribution in [0.5, 0.6) is 5.75 Å². The highest BCUT2D eigenvalue weighted by Gasteiger charge is 2.09. The molecule has 82 valence electrons.